The first kappa shape index (κ1) is 26.7. The Morgan fingerprint density at radius 3 is 2.64 bits per heavy atom. The maximum atomic E-state index is 12.9. The second-order valence-corrected chi connectivity index (χ2v) is 11.3. The highest BCUT2D eigenvalue weighted by Gasteiger charge is 2.28. The Hall–Kier alpha value is -2.31. The number of rotatable bonds is 8. The lowest BCUT2D eigenvalue weighted by molar-refractivity contribution is 0.231. The molecule has 3 unspecified atom stereocenters. The molecule has 1 aliphatic heterocycles. The zero-order valence-electron chi connectivity index (χ0n) is 21.1. The van der Waals surface area contributed by atoms with Gasteiger partial charge < -0.3 is 21.3 Å². The first-order valence-electron chi connectivity index (χ1n) is 12.6. The third-order valence-corrected chi connectivity index (χ3v) is 7.49. The summed E-state index contributed by atoms with van der Waals surface area (Å²) in [5, 5.41) is 7.29. The van der Waals surface area contributed by atoms with Crippen LogP contribution in [0.5, 0.6) is 0 Å². The van der Waals surface area contributed by atoms with Gasteiger partial charge in [0.05, 0.1) is 5.54 Å². The van der Waals surface area contributed by atoms with Gasteiger partial charge in [-0.3, -0.25) is 0 Å². The molecule has 1 heterocycles. The van der Waals surface area contributed by atoms with E-state index in [9.17, 15) is 4.79 Å². The summed E-state index contributed by atoms with van der Waals surface area (Å²) < 4.78 is 0. The SMILES string of the molecule is Cc1cccc(-c2ccc(C(CCN3CCC(N)C3)CNC(=O)NC3(C)C=C(Cl)C=C(Cl)C3)cc2)c1. The smallest absolute Gasteiger partial charge is 0.315 e. The molecule has 1 saturated heterocycles. The quantitative estimate of drug-likeness (QED) is 0.402. The zero-order chi connectivity index (χ0) is 25.7. The van der Waals surface area contributed by atoms with Gasteiger partial charge in [0.25, 0.3) is 0 Å². The molecule has 0 radical (unpaired) electrons. The normalized spacial score (nSPS) is 23.1. The van der Waals surface area contributed by atoms with Crippen LogP contribution in [0.2, 0.25) is 0 Å². The van der Waals surface area contributed by atoms with Crippen LogP contribution in [0.1, 0.15) is 43.2 Å². The summed E-state index contributed by atoms with van der Waals surface area (Å²) in [6.07, 6.45) is 6.04. The van der Waals surface area contributed by atoms with E-state index in [1.807, 2.05) is 13.0 Å². The number of benzene rings is 2. The fourth-order valence-electron chi connectivity index (χ4n) is 5.11. The van der Waals surface area contributed by atoms with Crippen molar-refractivity contribution in [3.63, 3.8) is 0 Å². The molecule has 2 aliphatic rings. The van der Waals surface area contributed by atoms with Crippen molar-refractivity contribution >= 4 is 29.2 Å². The molecule has 192 valence electrons. The lowest BCUT2D eigenvalue weighted by Crippen LogP contribution is -2.50. The first-order chi connectivity index (χ1) is 17.2. The number of urea groups is 1. The minimum atomic E-state index is -0.621. The highest BCUT2D eigenvalue weighted by atomic mass is 35.5. The topological polar surface area (TPSA) is 70.4 Å². The average Bonchev–Trinajstić information content (AvgIpc) is 3.23. The Labute approximate surface area is 224 Å². The minimum absolute atomic E-state index is 0.181. The Balaban J connectivity index is 1.43. The number of carbonyl (C=O) groups excluding carboxylic acids is 1. The third kappa shape index (κ3) is 7.36. The number of hydrogen-bond acceptors (Lipinski definition) is 3. The third-order valence-electron chi connectivity index (χ3n) is 7.03. The van der Waals surface area contributed by atoms with E-state index in [4.69, 9.17) is 28.9 Å². The molecule has 0 saturated carbocycles. The Bertz CT molecular complexity index is 1130. The molecule has 0 aromatic heterocycles. The van der Waals surface area contributed by atoms with Gasteiger partial charge in [-0.2, -0.15) is 0 Å². The Morgan fingerprint density at radius 2 is 1.97 bits per heavy atom. The number of nitrogens with one attached hydrogen (secondary N) is 2. The van der Waals surface area contributed by atoms with E-state index < -0.39 is 5.54 Å². The summed E-state index contributed by atoms with van der Waals surface area (Å²) in [4.78, 5) is 15.3. The number of amides is 2. The van der Waals surface area contributed by atoms with E-state index in [1.54, 1.807) is 6.08 Å². The number of likely N-dealkylation sites (tertiary alicyclic amines) is 1. The van der Waals surface area contributed by atoms with Crippen molar-refractivity contribution in [3.05, 3.63) is 81.9 Å². The zero-order valence-corrected chi connectivity index (χ0v) is 22.6. The van der Waals surface area contributed by atoms with Crippen LogP contribution in [0.25, 0.3) is 11.1 Å². The van der Waals surface area contributed by atoms with Crippen LogP contribution < -0.4 is 16.4 Å². The average molecular weight is 528 g/mol. The van der Waals surface area contributed by atoms with Gasteiger partial charge in [-0.05, 0) is 68.6 Å². The highest BCUT2D eigenvalue weighted by Crippen LogP contribution is 2.30. The summed E-state index contributed by atoms with van der Waals surface area (Å²) in [6, 6.07) is 17.3. The van der Waals surface area contributed by atoms with Gasteiger partial charge in [-0.1, -0.05) is 77.3 Å². The van der Waals surface area contributed by atoms with E-state index in [1.165, 1.54) is 22.3 Å². The molecule has 2 aromatic rings. The molecule has 0 spiro atoms. The van der Waals surface area contributed by atoms with Gasteiger partial charge in [-0.25, -0.2) is 4.79 Å². The molecule has 4 N–H and O–H groups in total. The van der Waals surface area contributed by atoms with E-state index in [0.717, 1.165) is 32.5 Å². The summed E-state index contributed by atoms with van der Waals surface area (Å²) in [5.74, 6) is 0.181. The Kier molecular flexibility index (Phi) is 8.78. The number of carbonyl (C=O) groups is 1. The van der Waals surface area contributed by atoms with Crippen LogP contribution in [0.4, 0.5) is 4.79 Å². The van der Waals surface area contributed by atoms with Crippen LogP contribution in [-0.4, -0.2) is 48.7 Å². The number of hydrogen-bond donors (Lipinski definition) is 3. The summed E-state index contributed by atoms with van der Waals surface area (Å²) in [5.41, 5.74) is 10.3. The fraction of sp³-hybridized carbons (Fsp3) is 0.414. The maximum absolute atomic E-state index is 12.9. The fourth-order valence-corrected chi connectivity index (χ4v) is 5.93. The van der Waals surface area contributed by atoms with Crippen molar-refractivity contribution < 1.29 is 4.79 Å². The second kappa shape index (κ2) is 11.8. The molecule has 36 heavy (non-hydrogen) atoms. The van der Waals surface area contributed by atoms with E-state index in [0.29, 0.717) is 23.0 Å². The molecule has 1 aliphatic carbocycles. The summed E-state index contributed by atoms with van der Waals surface area (Å²) in [6.45, 7) is 7.49. The van der Waals surface area contributed by atoms with Crippen molar-refractivity contribution in [1.82, 2.24) is 15.5 Å². The molecular weight excluding hydrogens is 491 g/mol. The molecule has 2 amide bonds. The van der Waals surface area contributed by atoms with Crippen molar-refractivity contribution in [3.8, 4) is 11.1 Å². The van der Waals surface area contributed by atoms with Crippen molar-refractivity contribution in [1.29, 1.82) is 0 Å². The van der Waals surface area contributed by atoms with Gasteiger partial charge >= 0.3 is 6.03 Å². The van der Waals surface area contributed by atoms with Gasteiger partial charge in [-0.15, -0.1) is 0 Å². The van der Waals surface area contributed by atoms with Crippen molar-refractivity contribution in [2.24, 2.45) is 5.73 Å². The molecule has 7 heteroatoms. The molecule has 0 bridgehead atoms. The van der Waals surface area contributed by atoms with Crippen LogP contribution in [0, 0.1) is 6.92 Å². The van der Waals surface area contributed by atoms with Crippen LogP contribution in [0.3, 0.4) is 0 Å². The predicted octanol–water partition coefficient (Wildman–Crippen LogP) is 5.88. The largest absolute Gasteiger partial charge is 0.338 e. The number of nitrogens with two attached hydrogens (primary N) is 1. The molecule has 2 aromatic carbocycles. The van der Waals surface area contributed by atoms with Crippen molar-refractivity contribution in [2.45, 2.75) is 50.6 Å². The summed E-state index contributed by atoms with van der Waals surface area (Å²) >= 11 is 12.4. The minimum Gasteiger partial charge on any atom is -0.338 e. The number of allylic oxidation sites excluding steroid dienone is 2. The van der Waals surface area contributed by atoms with E-state index in [2.05, 4.69) is 71.0 Å². The lowest BCUT2D eigenvalue weighted by atomic mass is 9.92. The van der Waals surface area contributed by atoms with Crippen LogP contribution >= 0.6 is 23.2 Å². The second-order valence-electron chi connectivity index (χ2n) is 10.4. The maximum Gasteiger partial charge on any atom is 0.315 e. The molecule has 1 fully saturated rings. The van der Waals surface area contributed by atoms with Crippen molar-refractivity contribution in [2.75, 3.05) is 26.2 Å². The van der Waals surface area contributed by atoms with Crippen LogP contribution in [-0.2, 0) is 0 Å². The highest BCUT2D eigenvalue weighted by molar-refractivity contribution is 6.35. The van der Waals surface area contributed by atoms with Gasteiger partial charge in [0, 0.05) is 41.5 Å². The first-order valence-corrected chi connectivity index (χ1v) is 13.4. The monoisotopic (exact) mass is 526 g/mol. The molecule has 3 atom stereocenters. The summed E-state index contributed by atoms with van der Waals surface area (Å²) in [7, 11) is 0. The predicted molar refractivity (Wildman–Crippen MR) is 150 cm³/mol. The number of nitrogens with zero attached hydrogens (tertiary/aromatic N) is 1. The van der Waals surface area contributed by atoms with Gasteiger partial charge in [0.15, 0.2) is 0 Å². The van der Waals surface area contributed by atoms with E-state index in [-0.39, 0.29) is 18.0 Å². The van der Waals surface area contributed by atoms with E-state index >= 15 is 0 Å². The lowest BCUT2D eigenvalue weighted by Gasteiger charge is -2.30. The number of halogens is 2. The Morgan fingerprint density at radius 1 is 1.19 bits per heavy atom. The van der Waals surface area contributed by atoms with Gasteiger partial charge in [0.1, 0.15) is 0 Å². The standard InChI is InChI=1S/C29H36Cl2N4O/c1-20-4-3-5-23(14-20)21-6-8-22(9-7-21)24(10-12-35-13-11-27(32)19-35)18-33-28(36)34-29(2)16-25(30)15-26(31)17-29/h3-9,14-16,24,27H,10-13,17-19,32H2,1-2H3,(H2,33,34,36). The van der Waals surface area contributed by atoms with Crippen LogP contribution in [0.15, 0.2) is 70.7 Å². The molecule has 5 nitrogen and oxygen atoms in total. The molecule has 4 rings (SSSR count). The van der Waals surface area contributed by atoms with Gasteiger partial charge in [0.2, 0.25) is 0 Å². The number of aryl methyl sites for hydroxylation is 1. The molecular formula is C29H36Cl2N4O.